The van der Waals surface area contributed by atoms with Crippen LogP contribution in [0.4, 0.5) is 5.82 Å². The van der Waals surface area contributed by atoms with Crippen molar-refractivity contribution in [1.82, 2.24) is 24.7 Å². The average Bonchev–Trinajstić information content (AvgIpc) is 3.41. The lowest BCUT2D eigenvalue weighted by Crippen LogP contribution is -2.52. The summed E-state index contributed by atoms with van der Waals surface area (Å²) in [6, 6.07) is 6.69. The summed E-state index contributed by atoms with van der Waals surface area (Å²) in [7, 11) is -13.2. The van der Waals surface area contributed by atoms with Crippen LogP contribution in [0, 0.1) is 0 Å². The van der Waals surface area contributed by atoms with Crippen molar-refractivity contribution in [2.75, 3.05) is 87.6 Å². The van der Waals surface area contributed by atoms with Crippen LogP contribution in [-0.4, -0.2) is 152 Å². The topological polar surface area (TPSA) is 219 Å². The molecule has 1 amide bonds. The van der Waals surface area contributed by atoms with Gasteiger partial charge in [-0.3, -0.25) is 28.3 Å². The minimum absolute atomic E-state index is 0.00241. The average molecular weight is 767 g/mol. The van der Waals surface area contributed by atoms with Gasteiger partial charge in [-0.2, -0.15) is 25.3 Å². The molecule has 274 valence electrons. The van der Waals surface area contributed by atoms with Gasteiger partial charge in [-0.15, -0.1) is 0 Å². The highest BCUT2D eigenvalue weighted by Gasteiger charge is 2.33. The first-order chi connectivity index (χ1) is 22.9. The molecule has 2 aliphatic rings. The lowest BCUT2D eigenvalue weighted by atomic mass is 9.96. The van der Waals surface area contributed by atoms with Crippen LogP contribution in [0.1, 0.15) is 42.0 Å². The number of benzene rings is 1. The monoisotopic (exact) mass is 766 g/mol. The predicted molar refractivity (Wildman–Crippen MR) is 184 cm³/mol. The minimum Gasteiger partial charge on any atom is -0.353 e. The van der Waals surface area contributed by atoms with Crippen LogP contribution in [0.15, 0.2) is 30.6 Å². The number of nitrogens with zero attached hydrogens (tertiary/aromatic N) is 6. The molecule has 1 aromatic heterocycles. The zero-order valence-corrected chi connectivity index (χ0v) is 30.3. The minimum atomic E-state index is -4.41. The number of amides is 1. The van der Waals surface area contributed by atoms with Gasteiger partial charge < -0.3 is 9.80 Å². The molecule has 2 aromatic rings. The highest BCUT2D eigenvalue weighted by molar-refractivity contribution is 7.86. The van der Waals surface area contributed by atoms with Crippen LogP contribution in [0.25, 0.3) is 0 Å². The van der Waals surface area contributed by atoms with Crippen molar-refractivity contribution in [3.8, 4) is 0 Å². The molecule has 1 saturated heterocycles. The van der Waals surface area contributed by atoms with Gasteiger partial charge in [-0.25, -0.2) is 9.97 Å². The number of rotatable bonds is 17. The summed E-state index contributed by atoms with van der Waals surface area (Å²) in [6.07, 6.45) is 3.49. The molecule has 2 unspecified atom stereocenters. The van der Waals surface area contributed by atoms with E-state index in [0.29, 0.717) is 42.7 Å². The molecule has 0 saturated carbocycles. The number of carbonyl (C=O) groups excluding carboxylic acids is 1. The molecule has 1 aromatic carbocycles. The molecule has 1 fully saturated rings. The van der Waals surface area contributed by atoms with Crippen LogP contribution in [-0.2, 0) is 41.6 Å². The van der Waals surface area contributed by atoms with E-state index in [1.54, 1.807) is 40.4 Å². The lowest BCUT2D eigenvalue weighted by Gasteiger charge is -2.39. The van der Waals surface area contributed by atoms with Gasteiger partial charge in [0.25, 0.3) is 30.4 Å². The Morgan fingerprint density at radius 3 is 1.92 bits per heavy atom. The third-order valence-electron chi connectivity index (χ3n) is 8.88. The summed E-state index contributed by atoms with van der Waals surface area (Å²) in [5.74, 6) is -1.86. The number of hydrogen-bond donors (Lipinski definition) is 3. The Kier molecular flexibility index (Phi) is 13.4. The van der Waals surface area contributed by atoms with Crippen LogP contribution >= 0.6 is 11.6 Å². The third kappa shape index (κ3) is 12.4. The van der Waals surface area contributed by atoms with E-state index in [4.69, 9.17) is 11.6 Å². The SMILES string of the molecule is CC1CCc2ncnc(N3CCN(C(=O)C(CN(CCN(CCS(=O)(=O)O)CCS(=O)(=O)O)CCS(=O)(=O)O)c4ccc(Cl)cc4)CC3)c21. The van der Waals surface area contributed by atoms with Crippen LogP contribution in [0.5, 0.6) is 0 Å². The Morgan fingerprint density at radius 2 is 1.37 bits per heavy atom. The predicted octanol–water partition coefficient (Wildman–Crippen LogP) is 0.880. The second-order valence-electron chi connectivity index (χ2n) is 12.4. The van der Waals surface area contributed by atoms with Crippen molar-refractivity contribution in [2.45, 2.75) is 31.6 Å². The van der Waals surface area contributed by atoms with Crippen molar-refractivity contribution in [2.24, 2.45) is 0 Å². The van der Waals surface area contributed by atoms with Crippen LogP contribution in [0.2, 0.25) is 5.02 Å². The normalized spacial score (nSPS) is 17.9. The summed E-state index contributed by atoms with van der Waals surface area (Å²) in [4.78, 5) is 30.1. The van der Waals surface area contributed by atoms with Crippen molar-refractivity contribution >= 4 is 53.7 Å². The van der Waals surface area contributed by atoms with E-state index in [1.807, 2.05) is 0 Å². The van der Waals surface area contributed by atoms with Crippen LogP contribution < -0.4 is 4.90 Å². The summed E-state index contributed by atoms with van der Waals surface area (Å²) in [5, 5.41) is 0.451. The molecule has 1 aliphatic heterocycles. The molecule has 0 bridgehead atoms. The Bertz CT molecular complexity index is 1740. The number of hydrogen-bond acceptors (Lipinski definition) is 12. The van der Waals surface area contributed by atoms with E-state index < -0.39 is 53.5 Å². The van der Waals surface area contributed by atoms with E-state index in [-0.39, 0.29) is 45.2 Å². The molecule has 1 aliphatic carbocycles. The van der Waals surface area contributed by atoms with Crippen molar-refractivity contribution < 1.29 is 43.7 Å². The fourth-order valence-electron chi connectivity index (χ4n) is 6.16. The molecule has 4 rings (SSSR count). The van der Waals surface area contributed by atoms with Gasteiger partial charge in [0.1, 0.15) is 12.1 Å². The summed E-state index contributed by atoms with van der Waals surface area (Å²) in [5.41, 5.74) is 2.82. The number of carbonyl (C=O) groups is 1. The van der Waals surface area contributed by atoms with Gasteiger partial charge in [0.15, 0.2) is 0 Å². The van der Waals surface area contributed by atoms with E-state index >= 15 is 0 Å². The molecule has 49 heavy (non-hydrogen) atoms. The van der Waals surface area contributed by atoms with Gasteiger partial charge in [-0.1, -0.05) is 30.7 Å². The fourth-order valence-corrected chi connectivity index (χ4v) is 7.75. The largest absolute Gasteiger partial charge is 0.353 e. The van der Waals surface area contributed by atoms with Crippen molar-refractivity contribution in [3.05, 3.63) is 52.4 Å². The molecule has 2 atom stereocenters. The van der Waals surface area contributed by atoms with E-state index in [9.17, 15) is 43.7 Å². The summed E-state index contributed by atoms with van der Waals surface area (Å²) >= 11 is 6.14. The molecule has 0 spiro atoms. The smallest absolute Gasteiger partial charge is 0.266 e. The second kappa shape index (κ2) is 16.7. The summed E-state index contributed by atoms with van der Waals surface area (Å²) in [6.45, 7) is 3.29. The zero-order valence-electron chi connectivity index (χ0n) is 27.1. The Labute approximate surface area is 292 Å². The number of piperazine rings is 1. The fraction of sp³-hybridized carbons (Fsp3) is 0.621. The van der Waals surface area contributed by atoms with Crippen molar-refractivity contribution in [3.63, 3.8) is 0 Å². The molecular weight excluding hydrogens is 724 g/mol. The molecule has 0 radical (unpaired) electrons. The molecule has 20 heteroatoms. The molecule has 3 N–H and O–H groups in total. The van der Waals surface area contributed by atoms with Gasteiger partial charge in [-0.05, 0) is 36.5 Å². The van der Waals surface area contributed by atoms with E-state index in [2.05, 4.69) is 21.8 Å². The van der Waals surface area contributed by atoms with Gasteiger partial charge >= 0.3 is 0 Å². The van der Waals surface area contributed by atoms with Crippen LogP contribution in [0.3, 0.4) is 0 Å². The Hall–Kier alpha value is -2.49. The first-order valence-corrected chi connectivity index (χ1v) is 21.0. The maximum absolute atomic E-state index is 14.2. The number of aryl methyl sites for hydroxylation is 1. The van der Waals surface area contributed by atoms with Gasteiger partial charge in [0.2, 0.25) is 5.91 Å². The molecule has 2 heterocycles. The zero-order chi connectivity index (χ0) is 36.0. The maximum atomic E-state index is 14.2. The lowest BCUT2D eigenvalue weighted by molar-refractivity contribution is -0.133. The molecule has 16 nitrogen and oxygen atoms in total. The van der Waals surface area contributed by atoms with E-state index in [1.165, 1.54) is 4.90 Å². The van der Waals surface area contributed by atoms with Crippen molar-refractivity contribution in [1.29, 1.82) is 0 Å². The Balaban J connectivity index is 1.53. The standard InChI is InChI=1S/C29H43ClN6O10S3/c1-22-2-7-26-27(22)28(32-21-31-26)35-10-12-36(13-11-35)29(37)25(23-3-5-24(30)6-4-23)20-34(16-19-49(44,45)46)9-8-33(14-17-47(38,39)40)15-18-48(41,42)43/h3-6,21-22,25H,2,7-20H2,1H3,(H,38,39,40)(H,41,42,43)(H,44,45,46). The number of fused-ring (bicyclic) bond motifs is 1. The number of anilines is 1. The number of aromatic nitrogens is 2. The van der Waals surface area contributed by atoms with E-state index in [0.717, 1.165) is 29.9 Å². The first kappa shape index (κ1) is 39.3. The third-order valence-corrected chi connectivity index (χ3v) is 11.2. The second-order valence-corrected chi connectivity index (χ2v) is 17.6. The highest BCUT2D eigenvalue weighted by Crippen LogP contribution is 2.37. The Morgan fingerprint density at radius 1 is 0.837 bits per heavy atom. The quantitative estimate of drug-likeness (QED) is 0.190. The van der Waals surface area contributed by atoms with Gasteiger partial charge in [0.05, 0.1) is 23.2 Å². The maximum Gasteiger partial charge on any atom is 0.266 e. The number of halogens is 1. The highest BCUT2D eigenvalue weighted by atomic mass is 35.5. The first-order valence-electron chi connectivity index (χ1n) is 15.8. The summed E-state index contributed by atoms with van der Waals surface area (Å²) < 4.78 is 97.1. The van der Waals surface area contributed by atoms with Gasteiger partial charge in [0, 0.05) is 81.7 Å². The molecular formula is C29H43ClN6O10S3.